The number of benzene rings is 1. The average molecular weight is 329 g/mol. The van der Waals surface area contributed by atoms with Crippen LogP contribution < -0.4 is 5.32 Å². The summed E-state index contributed by atoms with van der Waals surface area (Å²) >= 11 is 0. The van der Waals surface area contributed by atoms with E-state index < -0.39 is 5.97 Å². The molecule has 0 radical (unpaired) electrons. The summed E-state index contributed by atoms with van der Waals surface area (Å²) in [4.78, 5) is 23.4. The Morgan fingerprint density at radius 1 is 1.25 bits per heavy atom. The number of aryl methyl sites for hydroxylation is 1. The Morgan fingerprint density at radius 3 is 2.54 bits per heavy atom. The highest BCUT2D eigenvalue weighted by molar-refractivity contribution is 5.83. The second kappa shape index (κ2) is 8.29. The third kappa shape index (κ3) is 4.94. The van der Waals surface area contributed by atoms with E-state index in [0.29, 0.717) is 12.8 Å². The average Bonchev–Trinajstić information content (AvgIpc) is 2.98. The second-order valence-electron chi connectivity index (χ2n) is 5.93. The normalized spacial score (nSPS) is 13.2. The van der Waals surface area contributed by atoms with E-state index in [1.165, 1.54) is 0 Å². The summed E-state index contributed by atoms with van der Waals surface area (Å²) in [5, 5.41) is 16.0. The molecule has 2 rings (SSSR count). The number of rotatable bonds is 8. The first kappa shape index (κ1) is 17.7. The van der Waals surface area contributed by atoms with E-state index in [1.807, 2.05) is 43.3 Å². The van der Waals surface area contributed by atoms with Crippen LogP contribution >= 0.6 is 0 Å². The Balaban J connectivity index is 2.04. The first-order valence-electron chi connectivity index (χ1n) is 8.01. The van der Waals surface area contributed by atoms with Crippen molar-refractivity contribution in [1.29, 1.82) is 0 Å². The number of carbonyl (C=O) groups excluding carboxylic acids is 1. The molecule has 0 saturated heterocycles. The molecule has 0 spiro atoms. The summed E-state index contributed by atoms with van der Waals surface area (Å²) in [5.74, 6) is -1.33. The zero-order chi connectivity index (χ0) is 17.5. The fourth-order valence-corrected chi connectivity index (χ4v) is 2.69. The number of hydrogen-bond donors (Lipinski definition) is 2. The molecular formula is C18H23N3O3. The molecule has 0 fully saturated rings. The van der Waals surface area contributed by atoms with Crippen molar-refractivity contribution in [3.63, 3.8) is 0 Å². The summed E-state index contributed by atoms with van der Waals surface area (Å²) in [7, 11) is 1.80. The molecule has 0 aliphatic rings. The predicted molar refractivity (Wildman–Crippen MR) is 90.6 cm³/mol. The van der Waals surface area contributed by atoms with Crippen molar-refractivity contribution in [3.8, 4) is 0 Å². The zero-order valence-corrected chi connectivity index (χ0v) is 14.0. The van der Waals surface area contributed by atoms with Crippen molar-refractivity contribution in [1.82, 2.24) is 15.1 Å². The van der Waals surface area contributed by atoms with Gasteiger partial charge in [0.25, 0.3) is 0 Å². The third-order valence-electron chi connectivity index (χ3n) is 4.07. The predicted octanol–water partition coefficient (Wildman–Crippen LogP) is 2.12. The molecule has 2 unspecified atom stereocenters. The van der Waals surface area contributed by atoms with Crippen molar-refractivity contribution < 1.29 is 14.7 Å². The minimum Gasteiger partial charge on any atom is -0.481 e. The summed E-state index contributed by atoms with van der Waals surface area (Å²) in [6.45, 7) is 1.82. The van der Waals surface area contributed by atoms with Crippen molar-refractivity contribution in [2.24, 2.45) is 7.05 Å². The Kier molecular flexibility index (Phi) is 6.12. The molecule has 6 nitrogen and oxygen atoms in total. The molecule has 0 aliphatic heterocycles. The number of nitrogens with one attached hydrogen (secondary N) is 1. The Morgan fingerprint density at radius 2 is 1.96 bits per heavy atom. The molecule has 24 heavy (non-hydrogen) atoms. The standard InChI is InChI=1S/C18H23N3O3/c1-13(16-10-11-19-21(16)2)18(24)20-15(8-9-17(22)23)12-14-6-4-3-5-7-14/h3-7,10-11,13,15H,8-9,12H2,1-2H3,(H,20,24)(H,22,23). The van der Waals surface area contributed by atoms with Crippen molar-refractivity contribution in [2.75, 3.05) is 0 Å². The van der Waals surface area contributed by atoms with E-state index in [0.717, 1.165) is 11.3 Å². The van der Waals surface area contributed by atoms with Gasteiger partial charge in [0.1, 0.15) is 0 Å². The molecule has 1 aromatic carbocycles. The maximum absolute atomic E-state index is 12.5. The fraction of sp³-hybridized carbons (Fsp3) is 0.389. The molecule has 2 aromatic rings. The molecule has 6 heteroatoms. The zero-order valence-electron chi connectivity index (χ0n) is 14.0. The first-order chi connectivity index (χ1) is 11.5. The van der Waals surface area contributed by atoms with E-state index in [4.69, 9.17) is 5.11 Å². The van der Waals surface area contributed by atoms with Crippen LogP contribution in [0.5, 0.6) is 0 Å². The topological polar surface area (TPSA) is 84.2 Å². The summed E-state index contributed by atoms with van der Waals surface area (Å²) in [6.07, 6.45) is 2.69. The molecule has 1 amide bonds. The molecule has 0 aliphatic carbocycles. The van der Waals surface area contributed by atoms with Crippen molar-refractivity contribution in [2.45, 2.75) is 38.1 Å². The summed E-state index contributed by atoms with van der Waals surface area (Å²) in [6, 6.07) is 11.3. The maximum Gasteiger partial charge on any atom is 0.303 e. The highest BCUT2D eigenvalue weighted by atomic mass is 16.4. The molecule has 0 bridgehead atoms. The van der Waals surface area contributed by atoms with Gasteiger partial charge in [-0.2, -0.15) is 5.10 Å². The maximum atomic E-state index is 12.5. The van der Waals surface area contributed by atoms with Crippen LogP contribution in [0.15, 0.2) is 42.6 Å². The number of aromatic nitrogens is 2. The lowest BCUT2D eigenvalue weighted by Crippen LogP contribution is -2.39. The molecule has 0 saturated carbocycles. The van der Waals surface area contributed by atoms with Gasteiger partial charge in [-0.3, -0.25) is 14.3 Å². The lowest BCUT2D eigenvalue weighted by molar-refractivity contribution is -0.137. The molecule has 128 valence electrons. The van der Waals surface area contributed by atoms with Crippen LogP contribution in [0.25, 0.3) is 0 Å². The summed E-state index contributed by atoms with van der Waals surface area (Å²) in [5.41, 5.74) is 1.89. The van der Waals surface area contributed by atoms with Gasteiger partial charge in [-0.25, -0.2) is 0 Å². The number of amides is 1. The van der Waals surface area contributed by atoms with Crippen LogP contribution in [0.4, 0.5) is 0 Å². The second-order valence-corrected chi connectivity index (χ2v) is 5.93. The van der Waals surface area contributed by atoms with Crippen molar-refractivity contribution >= 4 is 11.9 Å². The lowest BCUT2D eigenvalue weighted by atomic mass is 10.00. The molecule has 2 atom stereocenters. The minimum absolute atomic E-state index is 0.0257. The van der Waals surface area contributed by atoms with Gasteiger partial charge in [0.2, 0.25) is 5.91 Å². The van der Waals surface area contributed by atoms with E-state index in [2.05, 4.69) is 10.4 Å². The summed E-state index contributed by atoms with van der Waals surface area (Å²) < 4.78 is 1.67. The smallest absolute Gasteiger partial charge is 0.303 e. The molecule has 2 N–H and O–H groups in total. The number of nitrogens with zero attached hydrogens (tertiary/aromatic N) is 2. The first-order valence-corrected chi connectivity index (χ1v) is 8.01. The van der Waals surface area contributed by atoms with Crippen LogP contribution in [-0.2, 0) is 23.1 Å². The van der Waals surface area contributed by atoms with Gasteiger partial charge < -0.3 is 10.4 Å². The number of aliphatic carboxylic acids is 1. The number of carboxylic acids is 1. The van der Waals surface area contributed by atoms with Crippen molar-refractivity contribution in [3.05, 3.63) is 53.9 Å². The van der Waals surface area contributed by atoms with Gasteiger partial charge >= 0.3 is 5.97 Å². The fourth-order valence-electron chi connectivity index (χ4n) is 2.69. The van der Waals surface area contributed by atoms with Crippen LogP contribution in [0.2, 0.25) is 0 Å². The van der Waals surface area contributed by atoms with Crippen LogP contribution in [0.3, 0.4) is 0 Å². The number of hydrogen-bond acceptors (Lipinski definition) is 3. The van der Waals surface area contributed by atoms with Gasteiger partial charge in [-0.1, -0.05) is 30.3 Å². The number of carboxylic acid groups (broad SMARTS) is 1. The molecule has 1 heterocycles. The largest absolute Gasteiger partial charge is 0.481 e. The highest BCUT2D eigenvalue weighted by Gasteiger charge is 2.22. The lowest BCUT2D eigenvalue weighted by Gasteiger charge is -2.21. The van der Waals surface area contributed by atoms with E-state index >= 15 is 0 Å². The SMILES string of the molecule is CC(C(=O)NC(CCC(=O)O)Cc1ccccc1)c1ccnn1C. The van der Waals surface area contributed by atoms with Gasteiger partial charge in [-0.05, 0) is 31.4 Å². The Hall–Kier alpha value is -2.63. The van der Waals surface area contributed by atoms with Gasteiger partial charge in [0.15, 0.2) is 0 Å². The quantitative estimate of drug-likeness (QED) is 0.777. The molecule has 1 aromatic heterocycles. The van der Waals surface area contributed by atoms with Gasteiger partial charge in [-0.15, -0.1) is 0 Å². The number of carbonyl (C=O) groups is 2. The Bertz CT molecular complexity index is 682. The van der Waals surface area contributed by atoms with Gasteiger partial charge in [0.05, 0.1) is 11.6 Å². The molecular weight excluding hydrogens is 306 g/mol. The Labute approximate surface area is 141 Å². The van der Waals surface area contributed by atoms with Gasteiger partial charge in [0, 0.05) is 25.7 Å². The van der Waals surface area contributed by atoms with E-state index in [9.17, 15) is 9.59 Å². The van der Waals surface area contributed by atoms with Crippen LogP contribution in [0.1, 0.15) is 36.9 Å². The van der Waals surface area contributed by atoms with E-state index in [1.54, 1.807) is 17.9 Å². The monoisotopic (exact) mass is 329 g/mol. The van der Waals surface area contributed by atoms with Crippen LogP contribution in [-0.4, -0.2) is 32.8 Å². The minimum atomic E-state index is -0.859. The highest BCUT2D eigenvalue weighted by Crippen LogP contribution is 2.15. The van der Waals surface area contributed by atoms with E-state index in [-0.39, 0.29) is 24.3 Å². The van der Waals surface area contributed by atoms with Crippen LogP contribution in [0, 0.1) is 0 Å². The third-order valence-corrected chi connectivity index (χ3v) is 4.07.